The molecule has 0 aliphatic heterocycles. The Morgan fingerprint density at radius 2 is 1.66 bits per heavy atom. The number of aromatic nitrogens is 2. The zero-order valence-corrected chi connectivity index (χ0v) is 19.0. The minimum Gasteiger partial charge on any atom is -0.476 e. The monoisotopic (exact) mass is 486 g/mol. The molecule has 9 heteroatoms. The fourth-order valence-corrected chi connectivity index (χ4v) is 4.45. The highest BCUT2D eigenvalue weighted by atomic mass is 35.5. The number of halogens is 2. The molecule has 0 bridgehead atoms. The smallest absolute Gasteiger partial charge is 0.356 e. The second-order valence-electron chi connectivity index (χ2n) is 7.07. The zero-order chi connectivity index (χ0) is 23.0. The lowest BCUT2D eigenvalue weighted by atomic mass is 10.1. The quantitative estimate of drug-likeness (QED) is 0.395. The summed E-state index contributed by atoms with van der Waals surface area (Å²) in [6.07, 6.45) is 2.53. The lowest BCUT2D eigenvalue weighted by molar-refractivity contribution is 0.0691. The third-order valence-electron chi connectivity index (χ3n) is 4.84. The number of hydrogen-bond donors (Lipinski definition) is 1. The van der Waals surface area contributed by atoms with Gasteiger partial charge in [-0.05, 0) is 47.5 Å². The minimum absolute atomic E-state index is 0.152. The highest BCUT2D eigenvalue weighted by molar-refractivity contribution is 7.90. The molecule has 1 aromatic heterocycles. The van der Waals surface area contributed by atoms with E-state index in [2.05, 4.69) is 4.98 Å². The maximum atomic E-state index is 11.9. The number of rotatable bonds is 5. The van der Waals surface area contributed by atoms with Gasteiger partial charge in [0.15, 0.2) is 15.5 Å². The lowest BCUT2D eigenvalue weighted by Gasteiger charge is -2.12. The molecule has 0 amide bonds. The van der Waals surface area contributed by atoms with E-state index in [1.54, 1.807) is 65.2 Å². The average molecular weight is 487 g/mol. The van der Waals surface area contributed by atoms with Crippen LogP contribution in [0.2, 0.25) is 10.0 Å². The van der Waals surface area contributed by atoms with E-state index in [4.69, 9.17) is 23.2 Å². The summed E-state index contributed by atoms with van der Waals surface area (Å²) >= 11 is 12.9. The summed E-state index contributed by atoms with van der Waals surface area (Å²) in [5.74, 6) is -0.843. The first kappa shape index (κ1) is 22.1. The summed E-state index contributed by atoms with van der Waals surface area (Å²) in [5.41, 5.74) is 2.31. The first-order chi connectivity index (χ1) is 15.1. The van der Waals surface area contributed by atoms with Crippen molar-refractivity contribution in [2.45, 2.75) is 4.90 Å². The summed E-state index contributed by atoms with van der Waals surface area (Å²) in [5, 5.41) is 10.2. The normalized spacial score (nSPS) is 11.5. The van der Waals surface area contributed by atoms with Crippen molar-refractivity contribution < 1.29 is 18.3 Å². The van der Waals surface area contributed by atoms with Gasteiger partial charge in [0, 0.05) is 18.0 Å². The summed E-state index contributed by atoms with van der Waals surface area (Å²) in [7, 11) is -3.35. The maximum absolute atomic E-state index is 11.9. The van der Waals surface area contributed by atoms with Gasteiger partial charge >= 0.3 is 5.97 Å². The number of sulfone groups is 1. The number of aromatic carboxylic acids is 1. The summed E-state index contributed by atoms with van der Waals surface area (Å²) in [4.78, 5) is 16.0. The first-order valence-corrected chi connectivity index (χ1v) is 12.0. The summed E-state index contributed by atoms with van der Waals surface area (Å²) in [6, 6.07) is 18.7. The van der Waals surface area contributed by atoms with Crippen LogP contribution in [0.1, 0.15) is 10.5 Å². The molecule has 0 saturated heterocycles. The van der Waals surface area contributed by atoms with Crippen LogP contribution in [0.15, 0.2) is 77.8 Å². The van der Waals surface area contributed by atoms with Crippen LogP contribution >= 0.6 is 23.2 Å². The van der Waals surface area contributed by atoms with Crippen molar-refractivity contribution in [3.8, 4) is 28.2 Å². The van der Waals surface area contributed by atoms with E-state index in [1.807, 2.05) is 0 Å². The van der Waals surface area contributed by atoms with Crippen LogP contribution in [0.5, 0.6) is 0 Å². The predicted molar refractivity (Wildman–Crippen MR) is 125 cm³/mol. The standard InChI is InChI=1S/C23H16Cl2N2O4S/c1-32(30,31)16-6-4-5-14(11-16)15-9-10-21(19(25)12-15)27-13-20(23(28)29)26-22(27)17-7-2-3-8-18(17)24/h2-13H,1H3,(H,28,29). The molecule has 1 N–H and O–H groups in total. The maximum Gasteiger partial charge on any atom is 0.356 e. The topological polar surface area (TPSA) is 89.3 Å². The van der Waals surface area contributed by atoms with E-state index in [0.29, 0.717) is 38.2 Å². The van der Waals surface area contributed by atoms with Crippen molar-refractivity contribution in [2.75, 3.05) is 6.26 Å². The summed E-state index contributed by atoms with van der Waals surface area (Å²) in [6.45, 7) is 0. The Bertz CT molecular complexity index is 1460. The number of imidazole rings is 1. The number of benzene rings is 3. The Morgan fingerprint density at radius 1 is 0.938 bits per heavy atom. The average Bonchev–Trinajstić information content (AvgIpc) is 3.19. The van der Waals surface area contributed by atoms with Crippen LogP contribution < -0.4 is 0 Å². The van der Waals surface area contributed by atoms with Crippen molar-refractivity contribution >= 4 is 39.0 Å². The second kappa shape index (κ2) is 8.43. The van der Waals surface area contributed by atoms with E-state index < -0.39 is 15.8 Å². The van der Waals surface area contributed by atoms with Gasteiger partial charge < -0.3 is 5.11 Å². The molecular weight excluding hydrogens is 471 g/mol. The molecule has 0 spiro atoms. The molecule has 0 atom stereocenters. The Labute approximate surface area is 194 Å². The highest BCUT2D eigenvalue weighted by Crippen LogP contribution is 2.34. The van der Waals surface area contributed by atoms with Gasteiger partial charge in [-0.25, -0.2) is 18.2 Å². The fourth-order valence-electron chi connectivity index (χ4n) is 3.29. The number of carbonyl (C=O) groups is 1. The van der Waals surface area contributed by atoms with Crippen molar-refractivity contribution in [1.82, 2.24) is 9.55 Å². The molecule has 0 radical (unpaired) electrons. The number of nitrogens with zero attached hydrogens (tertiary/aromatic N) is 2. The van der Waals surface area contributed by atoms with E-state index in [1.165, 1.54) is 12.3 Å². The van der Waals surface area contributed by atoms with Crippen molar-refractivity contribution in [3.05, 3.63) is 88.7 Å². The lowest BCUT2D eigenvalue weighted by Crippen LogP contribution is -1.99. The molecule has 0 saturated carbocycles. The fraction of sp³-hybridized carbons (Fsp3) is 0.0435. The third-order valence-corrected chi connectivity index (χ3v) is 6.59. The zero-order valence-electron chi connectivity index (χ0n) is 16.7. The first-order valence-electron chi connectivity index (χ1n) is 9.33. The predicted octanol–water partition coefficient (Wildman–Crippen LogP) is 5.61. The van der Waals surface area contributed by atoms with E-state index in [-0.39, 0.29) is 10.6 Å². The largest absolute Gasteiger partial charge is 0.476 e. The van der Waals surface area contributed by atoms with Gasteiger partial charge in [0.2, 0.25) is 0 Å². The van der Waals surface area contributed by atoms with Crippen molar-refractivity contribution in [3.63, 3.8) is 0 Å². The van der Waals surface area contributed by atoms with Crippen LogP contribution in [0.3, 0.4) is 0 Å². The van der Waals surface area contributed by atoms with Crippen molar-refractivity contribution in [2.24, 2.45) is 0 Å². The Hall–Kier alpha value is -3.13. The van der Waals surface area contributed by atoms with Crippen LogP contribution in [0.4, 0.5) is 0 Å². The third kappa shape index (κ3) is 4.27. The van der Waals surface area contributed by atoms with Gasteiger partial charge in [-0.1, -0.05) is 53.5 Å². The molecule has 3 aromatic carbocycles. The van der Waals surface area contributed by atoms with Gasteiger partial charge in [-0.3, -0.25) is 4.57 Å². The number of carboxylic acid groups (broad SMARTS) is 1. The van der Waals surface area contributed by atoms with Crippen LogP contribution in [-0.2, 0) is 9.84 Å². The minimum atomic E-state index is -3.35. The Kier molecular flexibility index (Phi) is 5.81. The van der Waals surface area contributed by atoms with Crippen molar-refractivity contribution in [1.29, 1.82) is 0 Å². The van der Waals surface area contributed by atoms with E-state index in [0.717, 1.165) is 6.26 Å². The highest BCUT2D eigenvalue weighted by Gasteiger charge is 2.19. The number of carboxylic acids is 1. The molecule has 4 aromatic rings. The van der Waals surface area contributed by atoms with Gasteiger partial charge in [0.1, 0.15) is 5.82 Å². The number of hydrogen-bond acceptors (Lipinski definition) is 4. The molecular formula is C23H16Cl2N2O4S. The second-order valence-corrected chi connectivity index (χ2v) is 9.90. The molecule has 32 heavy (non-hydrogen) atoms. The Morgan fingerprint density at radius 3 is 2.31 bits per heavy atom. The molecule has 162 valence electrons. The molecule has 0 aliphatic carbocycles. The molecule has 0 fully saturated rings. The molecule has 6 nitrogen and oxygen atoms in total. The van der Waals surface area contributed by atoms with Crippen LogP contribution in [0, 0.1) is 0 Å². The molecule has 0 aliphatic rings. The van der Waals surface area contributed by atoms with Gasteiger partial charge in [-0.15, -0.1) is 0 Å². The summed E-state index contributed by atoms with van der Waals surface area (Å²) < 4.78 is 25.3. The van der Waals surface area contributed by atoms with Gasteiger partial charge in [-0.2, -0.15) is 0 Å². The Balaban J connectivity index is 1.84. The molecule has 4 rings (SSSR count). The van der Waals surface area contributed by atoms with Crippen LogP contribution in [-0.4, -0.2) is 35.3 Å². The van der Waals surface area contributed by atoms with Crippen LogP contribution in [0.25, 0.3) is 28.2 Å². The van der Waals surface area contributed by atoms with E-state index >= 15 is 0 Å². The van der Waals surface area contributed by atoms with E-state index in [9.17, 15) is 18.3 Å². The molecule has 1 heterocycles. The molecule has 0 unspecified atom stereocenters. The SMILES string of the molecule is CS(=O)(=O)c1cccc(-c2ccc(-n3cc(C(=O)O)nc3-c3ccccc3Cl)c(Cl)c2)c1. The van der Waals surface area contributed by atoms with Gasteiger partial charge in [0.25, 0.3) is 0 Å². The van der Waals surface area contributed by atoms with Gasteiger partial charge in [0.05, 0.1) is 20.6 Å².